The van der Waals surface area contributed by atoms with E-state index in [4.69, 9.17) is 4.84 Å². The highest BCUT2D eigenvalue weighted by Gasteiger charge is 2.14. The SMILES string of the molecule is CCCCCc1ccc(CON=C(c2ccccc2)c2nnnn2C)nc1. The Kier molecular flexibility index (Phi) is 6.62. The van der Waals surface area contributed by atoms with E-state index in [1.807, 2.05) is 42.6 Å². The van der Waals surface area contributed by atoms with Crippen LogP contribution in [-0.2, 0) is 24.9 Å². The second-order valence-corrected chi connectivity index (χ2v) is 6.32. The summed E-state index contributed by atoms with van der Waals surface area (Å²) in [5.74, 6) is 0.542. The summed E-state index contributed by atoms with van der Waals surface area (Å²) in [5.41, 5.74) is 3.56. The Balaban J connectivity index is 1.68. The fraction of sp³-hybridized carbons (Fsp3) is 0.350. The van der Waals surface area contributed by atoms with Gasteiger partial charge in [-0.1, -0.05) is 61.3 Å². The van der Waals surface area contributed by atoms with Crippen molar-refractivity contribution in [3.05, 3.63) is 71.3 Å². The first kappa shape index (κ1) is 18.7. The molecule has 0 fully saturated rings. The molecule has 2 aromatic heterocycles. The molecule has 3 rings (SSSR count). The molecule has 0 spiro atoms. The smallest absolute Gasteiger partial charge is 0.204 e. The molecule has 1 aromatic carbocycles. The van der Waals surface area contributed by atoms with Crippen LogP contribution in [0.2, 0.25) is 0 Å². The lowest BCUT2D eigenvalue weighted by molar-refractivity contribution is 0.128. The van der Waals surface area contributed by atoms with Crippen molar-refractivity contribution in [2.45, 2.75) is 39.2 Å². The number of rotatable bonds is 9. The molecular formula is C20H24N6O. The van der Waals surface area contributed by atoms with E-state index >= 15 is 0 Å². The first-order valence-electron chi connectivity index (χ1n) is 9.20. The monoisotopic (exact) mass is 364 g/mol. The fourth-order valence-electron chi connectivity index (χ4n) is 2.68. The van der Waals surface area contributed by atoms with Crippen LogP contribution in [0.4, 0.5) is 0 Å². The molecule has 0 saturated carbocycles. The molecular weight excluding hydrogens is 340 g/mol. The van der Waals surface area contributed by atoms with Crippen LogP contribution in [0.25, 0.3) is 0 Å². The van der Waals surface area contributed by atoms with Gasteiger partial charge in [-0.2, -0.15) is 0 Å². The van der Waals surface area contributed by atoms with Crippen LogP contribution in [0.3, 0.4) is 0 Å². The summed E-state index contributed by atoms with van der Waals surface area (Å²) in [7, 11) is 1.77. The molecule has 0 radical (unpaired) electrons. The third-order valence-electron chi connectivity index (χ3n) is 4.20. The number of oxime groups is 1. The maximum Gasteiger partial charge on any atom is 0.204 e. The lowest BCUT2D eigenvalue weighted by Gasteiger charge is -2.06. The van der Waals surface area contributed by atoms with Gasteiger partial charge in [-0.25, -0.2) is 4.68 Å². The van der Waals surface area contributed by atoms with E-state index in [9.17, 15) is 0 Å². The van der Waals surface area contributed by atoms with E-state index in [0.717, 1.165) is 17.7 Å². The normalized spacial score (nSPS) is 11.6. The van der Waals surface area contributed by atoms with Crippen molar-refractivity contribution < 1.29 is 4.84 Å². The number of aryl methyl sites for hydroxylation is 2. The predicted octanol–water partition coefficient (Wildman–Crippen LogP) is 3.31. The van der Waals surface area contributed by atoms with Crippen LogP contribution in [0.15, 0.2) is 53.8 Å². The van der Waals surface area contributed by atoms with E-state index in [1.165, 1.54) is 24.8 Å². The zero-order valence-electron chi connectivity index (χ0n) is 15.7. The van der Waals surface area contributed by atoms with Crippen molar-refractivity contribution in [3.8, 4) is 0 Å². The molecule has 2 heterocycles. The molecule has 140 valence electrons. The van der Waals surface area contributed by atoms with E-state index in [2.05, 4.69) is 38.7 Å². The van der Waals surface area contributed by atoms with Crippen molar-refractivity contribution in [2.24, 2.45) is 12.2 Å². The van der Waals surface area contributed by atoms with Crippen molar-refractivity contribution in [1.29, 1.82) is 0 Å². The molecule has 27 heavy (non-hydrogen) atoms. The topological polar surface area (TPSA) is 78.1 Å². The Morgan fingerprint density at radius 1 is 1.11 bits per heavy atom. The van der Waals surface area contributed by atoms with Gasteiger partial charge in [0.2, 0.25) is 5.82 Å². The molecule has 0 atom stereocenters. The lowest BCUT2D eigenvalue weighted by atomic mass is 10.1. The highest BCUT2D eigenvalue weighted by atomic mass is 16.6. The third kappa shape index (κ3) is 5.20. The number of hydrogen-bond donors (Lipinski definition) is 0. The zero-order valence-corrected chi connectivity index (χ0v) is 15.7. The lowest BCUT2D eigenvalue weighted by Crippen LogP contribution is -2.12. The van der Waals surface area contributed by atoms with Gasteiger partial charge in [0, 0.05) is 18.8 Å². The number of tetrazole rings is 1. The van der Waals surface area contributed by atoms with Crippen molar-refractivity contribution in [3.63, 3.8) is 0 Å². The minimum atomic E-state index is 0.289. The van der Waals surface area contributed by atoms with E-state index in [-0.39, 0.29) is 6.61 Å². The molecule has 3 aromatic rings. The van der Waals surface area contributed by atoms with Gasteiger partial charge in [0.05, 0.1) is 5.69 Å². The summed E-state index contributed by atoms with van der Waals surface area (Å²) < 4.78 is 1.57. The number of pyridine rings is 1. The summed E-state index contributed by atoms with van der Waals surface area (Å²) in [4.78, 5) is 10.0. The molecule has 0 aliphatic heterocycles. The van der Waals surface area contributed by atoms with E-state index < -0.39 is 0 Å². The zero-order chi connectivity index (χ0) is 18.9. The molecule has 7 heteroatoms. The summed E-state index contributed by atoms with van der Waals surface area (Å²) in [6.45, 7) is 2.50. The number of unbranched alkanes of at least 4 members (excludes halogenated alkanes) is 2. The van der Waals surface area contributed by atoms with E-state index in [1.54, 1.807) is 11.7 Å². The van der Waals surface area contributed by atoms with Crippen LogP contribution in [-0.4, -0.2) is 30.9 Å². The molecule has 0 amide bonds. The van der Waals surface area contributed by atoms with Crippen LogP contribution in [0, 0.1) is 0 Å². The Bertz CT molecular complexity index is 858. The minimum absolute atomic E-state index is 0.289. The van der Waals surface area contributed by atoms with Gasteiger partial charge < -0.3 is 4.84 Å². The molecule has 0 bridgehead atoms. The number of benzene rings is 1. The second-order valence-electron chi connectivity index (χ2n) is 6.32. The second kappa shape index (κ2) is 9.56. The maximum absolute atomic E-state index is 5.57. The van der Waals surface area contributed by atoms with Gasteiger partial charge in [-0.15, -0.1) is 5.10 Å². The quantitative estimate of drug-likeness (QED) is 0.331. The average molecular weight is 364 g/mol. The maximum atomic E-state index is 5.57. The summed E-state index contributed by atoms with van der Waals surface area (Å²) in [5, 5.41) is 15.9. The first-order valence-corrected chi connectivity index (χ1v) is 9.20. The molecule has 0 aliphatic rings. The largest absolute Gasteiger partial charge is 0.389 e. The highest BCUT2D eigenvalue weighted by Crippen LogP contribution is 2.10. The Hall–Kier alpha value is -3.09. The van der Waals surface area contributed by atoms with Gasteiger partial charge in [-0.3, -0.25) is 4.98 Å². The van der Waals surface area contributed by atoms with Crippen molar-refractivity contribution in [1.82, 2.24) is 25.2 Å². The number of nitrogens with zero attached hydrogens (tertiary/aromatic N) is 6. The van der Waals surface area contributed by atoms with Crippen molar-refractivity contribution in [2.75, 3.05) is 0 Å². The molecule has 0 aliphatic carbocycles. The first-order chi connectivity index (χ1) is 13.3. The number of aromatic nitrogens is 5. The predicted molar refractivity (Wildman–Crippen MR) is 103 cm³/mol. The minimum Gasteiger partial charge on any atom is -0.389 e. The van der Waals surface area contributed by atoms with Crippen LogP contribution in [0.1, 0.15) is 48.8 Å². The molecule has 7 nitrogen and oxygen atoms in total. The highest BCUT2D eigenvalue weighted by molar-refractivity contribution is 6.10. The van der Waals surface area contributed by atoms with Gasteiger partial charge in [-0.05, 0) is 34.9 Å². The van der Waals surface area contributed by atoms with Crippen LogP contribution >= 0.6 is 0 Å². The Morgan fingerprint density at radius 2 is 1.96 bits per heavy atom. The van der Waals surface area contributed by atoms with Crippen molar-refractivity contribution >= 4 is 5.71 Å². The summed E-state index contributed by atoms with van der Waals surface area (Å²) in [6.07, 6.45) is 6.66. The Morgan fingerprint density at radius 3 is 2.63 bits per heavy atom. The Labute approximate surface area is 159 Å². The van der Waals surface area contributed by atoms with E-state index in [0.29, 0.717) is 11.5 Å². The van der Waals surface area contributed by atoms with Crippen LogP contribution in [0.5, 0.6) is 0 Å². The van der Waals surface area contributed by atoms with Gasteiger partial charge >= 0.3 is 0 Å². The van der Waals surface area contributed by atoms with Gasteiger partial charge in [0.15, 0.2) is 12.3 Å². The van der Waals surface area contributed by atoms with Crippen LogP contribution < -0.4 is 0 Å². The third-order valence-corrected chi connectivity index (χ3v) is 4.20. The average Bonchev–Trinajstić information content (AvgIpc) is 3.13. The van der Waals surface area contributed by atoms with Gasteiger partial charge in [0.25, 0.3) is 0 Å². The standard InChI is InChI=1S/C20H24N6O/c1-3-4-6-9-16-12-13-18(21-14-16)15-27-23-19(17-10-7-5-8-11-17)20-22-24-25-26(20)2/h5,7-8,10-14H,3-4,6,9,15H2,1-2H3. The molecule has 0 saturated heterocycles. The molecule has 0 unspecified atom stereocenters. The van der Waals surface area contributed by atoms with Gasteiger partial charge in [0.1, 0.15) is 0 Å². The molecule has 0 N–H and O–H groups in total. The number of hydrogen-bond acceptors (Lipinski definition) is 6. The summed E-state index contributed by atoms with van der Waals surface area (Å²) >= 11 is 0. The fourth-order valence-corrected chi connectivity index (χ4v) is 2.68. The summed E-state index contributed by atoms with van der Waals surface area (Å²) in [6, 6.07) is 13.8.